The van der Waals surface area contributed by atoms with Crippen molar-refractivity contribution in [2.45, 2.75) is 12.5 Å². The lowest BCUT2D eigenvalue weighted by atomic mass is 10.1. The van der Waals surface area contributed by atoms with Crippen LogP contribution in [0.4, 0.5) is 5.69 Å². The molecular formula is C12H14N2O4. The number of nitrogens with zero attached hydrogens (tertiary/aromatic N) is 2. The van der Waals surface area contributed by atoms with E-state index in [9.17, 15) is 14.9 Å². The molecule has 96 valence electrons. The van der Waals surface area contributed by atoms with E-state index < -0.39 is 4.92 Å². The van der Waals surface area contributed by atoms with Crippen molar-refractivity contribution < 1.29 is 14.5 Å². The monoisotopic (exact) mass is 250 g/mol. The summed E-state index contributed by atoms with van der Waals surface area (Å²) in [6.45, 7) is 1.06. The fraction of sp³-hybridized carbons (Fsp3) is 0.417. The maximum absolute atomic E-state index is 12.2. The Hall–Kier alpha value is -1.95. The summed E-state index contributed by atoms with van der Waals surface area (Å²) in [6, 6.07) is 6.01. The molecule has 0 saturated carbocycles. The first kappa shape index (κ1) is 12.5. The van der Waals surface area contributed by atoms with Gasteiger partial charge in [0, 0.05) is 26.3 Å². The Bertz CT molecular complexity index is 475. The molecule has 1 fully saturated rings. The Labute approximate surface area is 104 Å². The molecule has 0 aromatic heterocycles. The topological polar surface area (TPSA) is 72.7 Å². The molecule has 0 N–H and O–H groups in total. The van der Waals surface area contributed by atoms with Crippen molar-refractivity contribution in [3.05, 3.63) is 39.9 Å². The normalized spacial score (nSPS) is 18.9. The van der Waals surface area contributed by atoms with Crippen LogP contribution in [0.5, 0.6) is 0 Å². The Morgan fingerprint density at radius 3 is 2.83 bits per heavy atom. The minimum atomic E-state index is -0.531. The predicted octanol–water partition coefficient (Wildman–Crippen LogP) is 1.46. The van der Waals surface area contributed by atoms with E-state index in [0.29, 0.717) is 13.1 Å². The van der Waals surface area contributed by atoms with Crippen molar-refractivity contribution in [1.29, 1.82) is 0 Å². The molecule has 6 nitrogen and oxygen atoms in total. The first-order valence-corrected chi connectivity index (χ1v) is 5.69. The zero-order valence-electron chi connectivity index (χ0n) is 10.0. The number of amides is 1. The Morgan fingerprint density at radius 2 is 2.22 bits per heavy atom. The second-order valence-corrected chi connectivity index (χ2v) is 4.17. The van der Waals surface area contributed by atoms with Gasteiger partial charge < -0.3 is 9.64 Å². The number of nitro groups is 1. The molecule has 1 saturated heterocycles. The largest absolute Gasteiger partial charge is 0.380 e. The summed E-state index contributed by atoms with van der Waals surface area (Å²) in [4.78, 5) is 24.1. The van der Waals surface area contributed by atoms with E-state index >= 15 is 0 Å². The van der Waals surface area contributed by atoms with Gasteiger partial charge in [0.1, 0.15) is 5.56 Å². The van der Waals surface area contributed by atoms with Gasteiger partial charge >= 0.3 is 0 Å². The number of hydrogen-bond donors (Lipinski definition) is 0. The van der Waals surface area contributed by atoms with Gasteiger partial charge in [0.05, 0.1) is 11.0 Å². The lowest BCUT2D eigenvalue weighted by Gasteiger charge is -2.15. The summed E-state index contributed by atoms with van der Waals surface area (Å²) >= 11 is 0. The number of carbonyl (C=O) groups excluding carboxylic acids is 1. The van der Waals surface area contributed by atoms with Crippen LogP contribution in [0.2, 0.25) is 0 Å². The van der Waals surface area contributed by atoms with Crippen molar-refractivity contribution in [3.8, 4) is 0 Å². The number of benzene rings is 1. The van der Waals surface area contributed by atoms with Crippen LogP contribution in [0, 0.1) is 10.1 Å². The molecule has 0 aliphatic carbocycles. The number of para-hydroxylation sites is 1. The molecule has 18 heavy (non-hydrogen) atoms. The van der Waals surface area contributed by atoms with E-state index in [2.05, 4.69) is 0 Å². The maximum Gasteiger partial charge on any atom is 0.282 e. The SMILES string of the molecule is COC1CCN(C(=O)c2ccccc2[N+](=O)[O-])C1. The van der Waals surface area contributed by atoms with Crippen LogP contribution in [0.25, 0.3) is 0 Å². The van der Waals surface area contributed by atoms with Gasteiger partial charge in [-0.1, -0.05) is 12.1 Å². The average molecular weight is 250 g/mol. The smallest absolute Gasteiger partial charge is 0.282 e. The van der Waals surface area contributed by atoms with E-state index in [1.807, 2.05) is 0 Å². The molecule has 1 aliphatic rings. The van der Waals surface area contributed by atoms with Crippen molar-refractivity contribution in [2.75, 3.05) is 20.2 Å². The van der Waals surface area contributed by atoms with Gasteiger partial charge in [-0.05, 0) is 12.5 Å². The highest BCUT2D eigenvalue weighted by atomic mass is 16.6. The molecule has 1 aromatic rings. The molecule has 6 heteroatoms. The molecule has 2 rings (SSSR count). The van der Waals surface area contributed by atoms with E-state index in [-0.39, 0.29) is 23.3 Å². The van der Waals surface area contributed by atoms with Crippen LogP contribution in [-0.2, 0) is 4.74 Å². The summed E-state index contributed by atoms with van der Waals surface area (Å²) in [6.07, 6.45) is 0.791. The van der Waals surface area contributed by atoms with Crippen molar-refractivity contribution >= 4 is 11.6 Å². The zero-order chi connectivity index (χ0) is 13.1. The van der Waals surface area contributed by atoms with E-state index in [4.69, 9.17) is 4.74 Å². The second kappa shape index (κ2) is 5.14. The van der Waals surface area contributed by atoms with Crippen LogP contribution in [-0.4, -0.2) is 42.0 Å². The van der Waals surface area contributed by atoms with Crippen LogP contribution >= 0.6 is 0 Å². The first-order chi connectivity index (χ1) is 8.63. The molecule has 1 amide bonds. The minimum Gasteiger partial charge on any atom is -0.380 e. The standard InChI is InChI=1S/C12H14N2O4/c1-18-9-6-7-13(8-9)12(15)10-4-2-3-5-11(10)14(16)17/h2-5,9H,6-8H2,1H3. The summed E-state index contributed by atoms with van der Waals surface area (Å²) in [5, 5.41) is 10.9. The molecule has 1 unspecified atom stereocenters. The quantitative estimate of drug-likeness (QED) is 0.601. The molecule has 0 radical (unpaired) electrons. The maximum atomic E-state index is 12.2. The zero-order valence-corrected chi connectivity index (χ0v) is 10.0. The third-order valence-corrected chi connectivity index (χ3v) is 3.10. The number of ether oxygens (including phenoxy) is 1. The van der Waals surface area contributed by atoms with Gasteiger partial charge in [0.2, 0.25) is 0 Å². The Balaban J connectivity index is 2.22. The summed E-state index contributed by atoms with van der Waals surface area (Å²) in [5.41, 5.74) is -0.0115. The molecule has 1 atom stereocenters. The van der Waals surface area contributed by atoms with Crippen molar-refractivity contribution in [3.63, 3.8) is 0 Å². The summed E-state index contributed by atoms with van der Waals surface area (Å²) in [5.74, 6) is -0.304. The lowest BCUT2D eigenvalue weighted by Crippen LogP contribution is -2.30. The molecule has 0 spiro atoms. The number of methoxy groups -OCH3 is 1. The van der Waals surface area contributed by atoms with E-state index in [1.54, 1.807) is 24.1 Å². The van der Waals surface area contributed by atoms with Crippen LogP contribution < -0.4 is 0 Å². The van der Waals surface area contributed by atoms with Gasteiger partial charge in [-0.25, -0.2) is 0 Å². The van der Waals surface area contributed by atoms with Gasteiger partial charge in [0.25, 0.3) is 11.6 Å². The number of rotatable bonds is 3. The first-order valence-electron chi connectivity index (χ1n) is 5.69. The van der Waals surface area contributed by atoms with Gasteiger partial charge in [0.15, 0.2) is 0 Å². The predicted molar refractivity (Wildman–Crippen MR) is 64.4 cm³/mol. The number of hydrogen-bond acceptors (Lipinski definition) is 4. The lowest BCUT2D eigenvalue weighted by molar-refractivity contribution is -0.385. The third kappa shape index (κ3) is 2.33. The Kier molecular flexibility index (Phi) is 3.57. The van der Waals surface area contributed by atoms with E-state index in [1.165, 1.54) is 12.1 Å². The fourth-order valence-electron chi connectivity index (χ4n) is 2.09. The molecular weight excluding hydrogens is 236 g/mol. The molecule has 1 aliphatic heterocycles. The molecule has 1 aromatic carbocycles. The third-order valence-electron chi connectivity index (χ3n) is 3.10. The minimum absolute atomic E-state index is 0.0247. The summed E-state index contributed by atoms with van der Waals surface area (Å²) in [7, 11) is 1.60. The van der Waals surface area contributed by atoms with Gasteiger partial charge in [-0.2, -0.15) is 0 Å². The van der Waals surface area contributed by atoms with Crippen LogP contribution in [0.3, 0.4) is 0 Å². The Morgan fingerprint density at radius 1 is 1.50 bits per heavy atom. The number of nitro benzene ring substituents is 1. The number of likely N-dealkylation sites (tertiary alicyclic amines) is 1. The van der Waals surface area contributed by atoms with Gasteiger partial charge in [-0.15, -0.1) is 0 Å². The average Bonchev–Trinajstić information content (AvgIpc) is 2.86. The number of carbonyl (C=O) groups is 1. The van der Waals surface area contributed by atoms with E-state index in [0.717, 1.165) is 6.42 Å². The fourth-order valence-corrected chi connectivity index (χ4v) is 2.09. The molecule has 1 heterocycles. The summed E-state index contributed by atoms with van der Waals surface area (Å²) < 4.78 is 5.18. The second-order valence-electron chi connectivity index (χ2n) is 4.17. The van der Waals surface area contributed by atoms with Crippen LogP contribution in [0.15, 0.2) is 24.3 Å². The highest BCUT2D eigenvalue weighted by Crippen LogP contribution is 2.22. The van der Waals surface area contributed by atoms with Gasteiger partial charge in [-0.3, -0.25) is 14.9 Å². The van der Waals surface area contributed by atoms with Crippen molar-refractivity contribution in [1.82, 2.24) is 4.90 Å². The highest BCUT2D eigenvalue weighted by molar-refractivity contribution is 5.98. The highest BCUT2D eigenvalue weighted by Gasteiger charge is 2.30. The molecule has 0 bridgehead atoms. The van der Waals surface area contributed by atoms with Crippen molar-refractivity contribution in [2.24, 2.45) is 0 Å². The van der Waals surface area contributed by atoms with Crippen LogP contribution in [0.1, 0.15) is 16.8 Å².